The van der Waals surface area contributed by atoms with Gasteiger partial charge in [-0.25, -0.2) is 4.79 Å². The Hall–Kier alpha value is -2.35. The number of carbonyl (C=O) groups is 1. The molecule has 30 heavy (non-hydrogen) atoms. The van der Waals surface area contributed by atoms with Crippen molar-refractivity contribution in [2.75, 3.05) is 7.11 Å². The van der Waals surface area contributed by atoms with Crippen LogP contribution in [0.25, 0.3) is 0 Å². The number of aliphatic hydroxyl groups is 3. The first-order chi connectivity index (χ1) is 14.5. The molecule has 0 aromatic heterocycles. The third-order valence-corrected chi connectivity index (χ3v) is 5.81. The average Bonchev–Trinajstić information content (AvgIpc) is 3.29. The minimum absolute atomic E-state index is 0.0518. The number of carbonyl (C=O) groups excluding carboxylic acids is 1. The van der Waals surface area contributed by atoms with Gasteiger partial charge in [0.2, 0.25) is 0 Å². The maximum atomic E-state index is 11.0. The van der Waals surface area contributed by atoms with E-state index < -0.39 is 30.6 Å². The Kier molecular flexibility index (Phi) is 7.90. The minimum Gasteiger partial charge on any atom is -0.466 e. The van der Waals surface area contributed by atoms with E-state index in [1.807, 2.05) is 18.2 Å². The standard InChI is InChI=1S/C23H30O7/c1-28-22(27)11-5-3-2-4-8-15-16(19(26)14-18(15)25)12-13-17(24)23-29-20-9-6-7-10-21(20)30-23/h2-3,5-7,9-11,15-19,23-26H,4,8,12-14H2,1H3/b3-2-,11-5?/t15-,16-,17-,18+,19-/m1/s1. The van der Waals surface area contributed by atoms with Crippen molar-refractivity contribution in [1.82, 2.24) is 0 Å². The number of benzene rings is 1. The predicted octanol–water partition coefficient (Wildman–Crippen LogP) is 2.35. The summed E-state index contributed by atoms with van der Waals surface area (Å²) >= 11 is 0. The van der Waals surface area contributed by atoms with Gasteiger partial charge < -0.3 is 29.5 Å². The number of para-hydroxylation sites is 2. The van der Waals surface area contributed by atoms with Crippen LogP contribution in [-0.2, 0) is 9.53 Å². The normalized spacial score (nSPS) is 27.2. The van der Waals surface area contributed by atoms with Crippen molar-refractivity contribution in [3.63, 3.8) is 0 Å². The predicted molar refractivity (Wildman–Crippen MR) is 110 cm³/mol. The summed E-state index contributed by atoms with van der Waals surface area (Å²) in [6, 6.07) is 7.28. The van der Waals surface area contributed by atoms with E-state index in [1.54, 1.807) is 24.3 Å². The summed E-state index contributed by atoms with van der Waals surface area (Å²) in [5, 5.41) is 31.3. The van der Waals surface area contributed by atoms with Crippen LogP contribution in [-0.4, -0.2) is 53.0 Å². The van der Waals surface area contributed by atoms with E-state index in [0.29, 0.717) is 43.6 Å². The lowest BCUT2D eigenvalue weighted by Crippen LogP contribution is -2.34. The zero-order chi connectivity index (χ0) is 21.5. The number of methoxy groups -OCH3 is 1. The minimum atomic E-state index is -0.827. The van der Waals surface area contributed by atoms with E-state index in [4.69, 9.17) is 9.47 Å². The van der Waals surface area contributed by atoms with Crippen LogP contribution in [0.5, 0.6) is 11.5 Å². The Morgan fingerprint density at radius 3 is 2.40 bits per heavy atom. The fraction of sp³-hybridized carbons (Fsp3) is 0.522. The number of esters is 1. The molecular formula is C23H30O7. The number of aliphatic hydroxyl groups excluding tert-OH is 3. The fourth-order valence-electron chi connectivity index (χ4n) is 4.22. The summed E-state index contributed by atoms with van der Waals surface area (Å²) < 4.78 is 15.8. The molecule has 1 aliphatic heterocycles. The molecule has 1 aromatic carbocycles. The highest BCUT2D eigenvalue weighted by molar-refractivity contribution is 5.82. The molecule has 1 fully saturated rings. The molecule has 7 heteroatoms. The number of fused-ring (bicyclic) bond motifs is 1. The van der Waals surface area contributed by atoms with Gasteiger partial charge in [0.15, 0.2) is 11.5 Å². The summed E-state index contributed by atoms with van der Waals surface area (Å²) in [5.41, 5.74) is 0. The highest BCUT2D eigenvalue weighted by atomic mass is 16.7. The second kappa shape index (κ2) is 10.6. The van der Waals surface area contributed by atoms with Gasteiger partial charge in [-0.3, -0.25) is 0 Å². The van der Waals surface area contributed by atoms with Crippen LogP contribution in [0.15, 0.2) is 48.6 Å². The second-order valence-electron chi connectivity index (χ2n) is 7.78. The lowest BCUT2D eigenvalue weighted by atomic mass is 9.85. The molecule has 7 nitrogen and oxygen atoms in total. The van der Waals surface area contributed by atoms with Gasteiger partial charge in [-0.1, -0.05) is 30.4 Å². The van der Waals surface area contributed by atoms with Crippen molar-refractivity contribution in [3.8, 4) is 11.5 Å². The Bertz CT molecular complexity index is 735. The summed E-state index contributed by atoms with van der Waals surface area (Å²) in [4.78, 5) is 11.0. The maximum Gasteiger partial charge on any atom is 0.330 e. The van der Waals surface area contributed by atoms with Crippen LogP contribution < -0.4 is 9.47 Å². The van der Waals surface area contributed by atoms with Crippen molar-refractivity contribution in [1.29, 1.82) is 0 Å². The molecule has 0 saturated heterocycles. The first-order valence-corrected chi connectivity index (χ1v) is 10.4. The number of hydrogen-bond acceptors (Lipinski definition) is 7. The summed E-state index contributed by atoms with van der Waals surface area (Å²) in [6.07, 6.45) is 6.62. The van der Waals surface area contributed by atoms with Gasteiger partial charge in [-0.15, -0.1) is 0 Å². The third-order valence-electron chi connectivity index (χ3n) is 5.81. The number of rotatable bonds is 9. The lowest BCUT2D eigenvalue weighted by molar-refractivity contribution is -0.134. The Balaban J connectivity index is 1.47. The van der Waals surface area contributed by atoms with Crippen molar-refractivity contribution in [3.05, 3.63) is 48.6 Å². The van der Waals surface area contributed by atoms with E-state index in [9.17, 15) is 20.1 Å². The number of allylic oxidation sites excluding steroid dienone is 3. The van der Waals surface area contributed by atoms with Crippen molar-refractivity contribution < 1.29 is 34.3 Å². The SMILES string of the molecule is COC(=O)C=C/C=C\CC[C@@H]1[C@@H](CC[C@@H](O)C2Oc3ccccc3O2)[C@H](O)C[C@@H]1O. The quantitative estimate of drug-likeness (QED) is 0.321. The van der Waals surface area contributed by atoms with E-state index in [1.165, 1.54) is 13.2 Å². The Labute approximate surface area is 176 Å². The number of ether oxygens (including phenoxy) is 3. The first kappa shape index (κ1) is 22.3. The van der Waals surface area contributed by atoms with Crippen LogP contribution >= 0.6 is 0 Å². The van der Waals surface area contributed by atoms with Gasteiger partial charge >= 0.3 is 5.97 Å². The molecule has 0 spiro atoms. The van der Waals surface area contributed by atoms with Crippen molar-refractivity contribution in [2.24, 2.45) is 11.8 Å². The molecular weight excluding hydrogens is 388 g/mol. The molecule has 1 aliphatic carbocycles. The van der Waals surface area contributed by atoms with Gasteiger partial charge in [-0.2, -0.15) is 0 Å². The van der Waals surface area contributed by atoms with Crippen LogP contribution in [0.2, 0.25) is 0 Å². The smallest absolute Gasteiger partial charge is 0.330 e. The maximum absolute atomic E-state index is 11.0. The largest absolute Gasteiger partial charge is 0.466 e. The van der Waals surface area contributed by atoms with Gasteiger partial charge in [0, 0.05) is 6.08 Å². The second-order valence-corrected chi connectivity index (χ2v) is 7.78. The summed E-state index contributed by atoms with van der Waals surface area (Å²) in [7, 11) is 1.32. The molecule has 5 atom stereocenters. The third kappa shape index (κ3) is 5.62. The monoisotopic (exact) mass is 418 g/mol. The van der Waals surface area contributed by atoms with Crippen LogP contribution in [0.4, 0.5) is 0 Å². The van der Waals surface area contributed by atoms with Gasteiger partial charge in [-0.05, 0) is 56.1 Å². The van der Waals surface area contributed by atoms with E-state index in [2.05, 4.69) is 4.74 Å². The van der Waals surface area contributed by atoms with Crippen LogP contribution in [0, 0.1) is 11.8 Å². The van der Waals surface area contributed by atoms with Crippen molar-refractivity contribution in [2.45, 2.75) is 56.7 Å². The molecule has 164 valence electrons. The Morgan fingerprint density at radius 1 is 1.13 bits per heavy atom. The van der Waals surface area contributed by atoms with Crippen LogP contribution in [0.1, 0.15) is 32.1 Å². The van der Waals surface area contributed by atoms with E-state index >= 15 is 0 Å². The van der Waals surface area contributed by atoms with E-state index in [0.717, 1.165) is 0 Å². The zero-order valence-electron chi connectivity index (χ0n) is 17.1. The molecule has 0 radical (unpaired) electrons. The average molecular weight is 418 g/mol. The summed E-state index contributed by atoms with van der Waals surface area (Å²) in [6.45, 7) is 0. The zero-order valence-corrected chi connectivity index (χ0v) is 17.1. The van der Waals surface area contributed by atoms with Gasteiger partial charge in [0.1, 0.15) is 6.10 Å². The molecule has 0 amide bonds. The van der Waals surface area contributed by atoms with Gasteiger partial charge in [0.05, 0.1) is 19.3 Å². The van der Waals surface area contributed by atoms with Gasteiger partial charge in [0.25, 0.3) is 6.29 Å². The molecule has 0 unspecified atom stereocenters. The highest BCUT2D eigenvalue weighted by Crippen LogP contribution is 2.40. The molecule has 2 aliphatic rings. The topological polar surface area (TPSA) is 105 Å². The van der Waals surface area contributed by atoms with E-state index in [-0.39, 0.29) is 11.8 Å². The fourth-order valence-corrected chi connectivity index (χ4v) is 4.22. The molecule has 1 saturated carbocycles. The summed E-state index contributed by atoms with van der Waals surface area (Å²) in [5.74, 6) is 0.667. The Morgan fingerprint density at radius 2 is 1.77 bits per heavy atom. The molecule has 1 aromatic rings. The lowest BCUT2D eigenvalue weighted by Gasteiger charge is -2.25. The molecule has 1 heterocycles. The first-order valence-electron chi connectivity index (χ1n) is 10.4. The van der Waals surface area contributed by atoms with Crippen molar-refractivity contribution >= 4 is 5.97 Å². The number of hydrogen-bond donors (Lipinski definition) is 3. The molecule has 3 N–H and O–H groups in total. The molecule has 0 bridgehead atoms. The van der Waals surface area contributed by atoms with Crippen LogP contribution in [0.3, 0.4) is 0 Å². The highest BCUT2D eigenvalue weighted by Gasteiger charge is 2.41. The molecule has 3 rings (SSSR count).